The molecule has 0 saturated heterocycles. The van der Waals surface area contributed by atoms with Crippen LogP contribution in [0.1, 0.15) is 22.7 Å². The number of amides is 1. The number of ether oxygens (including phenoxy) is 2. The highest BCUT2D eigenvalue weighted by Crippen LogP contribution is 2.25. The van der Waals surface area contributed by atoms with Crippen LogP contribution in [0.4, 0.5) is 5.82 Å². The molecule has 8 heteroatoms. The number of methoxy groups -OCH3 is 1. The van der Waals surface area contributed by atoms with E-state index in [-0.39, 0.29) is 18.1 Å². The molecule has 0 atom stereocenters. The summed E-state index contributed by atoms with van der Waals surface area (Å²) >= 11 is 0. The first kappa shape index (κ1) is 17.0. The van der Waals surface area contributed by atoms with Gasteiger partial charge in [-0.05, 0) is 18.6 Å². The number of hydrogen-bond acceptors (Lipinski definition) is 6. The number of hydrogen-bond donors (Lipinski definition) is 1. The predicted octanol–water partition coefficient (Wildman–Crippen LogP) is 2.18. The van der Waals surface area contributed by atoms with Crippen LogP contribution in [-0.2, 0) is 22.5 Å². The number of aryl methyl sites for hydroxylation is 1. The van der Waals surface area contributed by atoms with Crippen molar-refractivity contribution < 1.29 is 19.1 Å². The zero-order valence-electron chi connectivity index (χ0n) is 14.8. The normalized spacial score (nSPS) is 12.6. The number of anilines is 1. The fourth-order valence-corrected chi connectivity index (χ4v) is 3.22. The first-order valence-corrected chi connectivity index (χ1v) is 8.61. The molecule has 0 saturated carbocycles. The summed E-state index contributed by atoms with van der Waals surface area (Å²) in [6.07, 6.45) is 3.35. The number of imidazole rings is 1. The van der Waals surface area contributed by atoms with Crippen molar-refractivity contribution >= 4 is 28.6 Å². The van der Waals surface area contributed by atoms with Gasteiger partial charge in [-0.2, -0.15) is 0 Å². The van der Waals surface area contributed by atoms with E-state index in [9.17, 15) is 9.59 Å². The lowest BCUT2D eigenvalue weighted by molar-refractivity contribution is -0.118. The Bertz CT molecular complexity index is 1020. The van der Waals surface area contributed by atoms with Crippen LogP contribution < -0.4 is 10.1 Å². The van der Waals surface area contributed by atoms with E-state index in [1.807, 2.05) is 24.3 Å². The lowest BCUT2D eigenvalue weighted by atomic mass is 10.2. The summed E-state index contributed by atoms with van der Waals surface area (Å²) in [5.41, 5.74) is 0.953. The number of para-hydroxylation sites is 1. The molecule has 1 aromatic carbocycles. The van der Waals surface area contributed by atoms with Crippen LogP contribution in [0.25, 0.3) is 10.9 Å². The predicted molar refractivity (Wildman–Crippen MR) is 97.8 cm³/mol. The lowest BCUT2D eigenvalue weighted by Crippen LogP contribution is -2.22. The highest BCUT2D eigenvalue weighted by molar-refractivity contribution is 5.99. The first-order valence-electron chi connectivity index (χ1n) is 8.61. The number of nitrogens with one attached hydrogen (secondary N) is 1. The molecule has 0 fully saturated rings. The van der Waals surface area contributed by atoms with Gasteiger partial charge in [-0.15, -0.1) is 0 Å². The summed E-state index contributed by atoms with van der Waals surface area (Å²) in [4.78, 5) is 33.1. The molecule has 1 aliphatic rings. The molecule has 4 rings (SSSR count). The van der Waals surface area contributed by atoms with Crippen LogP contribution in [0.3, 0.4) is 0 Å². The van der Waals surface area contributed by atoms with Gasteiger partial charge < -0.3 is 19.4 Å². The van der Waals surface area contributed by atoms with E-state index in [2.05, 4.69) is 15.3 Å². The van der Waals surface area contributed by atoms with Gasteiger partial charge in [0.25, 0.3) is 5.91 Å². The average molecular weight is 366 g/mol. The van der Waals surface area contributed by atoms with Crippen molar-refractivity contribution in [3.63, 3.8) is 0 Å². The molecule has 0 aliphatic carbocycles. The number of carbonyl (C=O) groups is 2. The number of pyridine rings is 1. The fraction of sp³-hybridized carbons (Fsp3) is 0.263. The Morgan fingerprint density at radius 2 is 2.11 bits per heavy atom. The third-order valence-electron chi connectivity index (χ3n) is 4.42. The molecule has 1 aliphatic heterocycles. The Morgan fingerprint density at radius 3 is 2.96 bits per heavy atom. The maximum absolute atomic E-state index is 12.4. The topological polar surface area (TPSA) is 95.3 Å². The highest BCUT2D eigenvalue weighted by Gasteiger charge is 2.27. The standard InChI is InChI=1S/C19H18N4O4/c1-26-19(25)17-18(21-14-8-4-10-23(14)17)22-15(24)11-27-13-7-2-5-12-6-3-9-20-16(12)13/h2-3,5-7,9H,4,8,10-11H2,1H3,(H,22,24). The van der Waals surface area contributed by atoms with Gasteiger partial charge >= 0.3 is 5.97 Å². The lowest BCUT2D eigenvalue weighted by Gasteiger charge is -2.09. The number of rotatable bonds is 5. The Labute approximate surface area is 155 Å². The van der Waals surface area contributed by atoms with E-state index in [1.54, 1.807) is 16.8 Å². The van der Waals surface area contributed by atoms with Gasteiger partial charge in [0.15, 0.2) is 18.1 Å². The maximum Gasteiger partial charge on any atom is 0.358 e. The van der Waals surface area contributed by atoms with E-state index >= 15 is 0 Å². The molecule has 0 radical (unpaired) electrons. The van der Waals surface area contributed by atoms with E-state index < -0.39 is 11.9 Å². The summed E-state index contributed by atoms with van der Waals surface area (Å²) in [6.45, 7) is 0.458. The van der Waals surface area contributed by atoms with Gasteiger partial charge in [0, 0.05) is 24.5 Å². The number of carbonyl (C=O) groups excluding carboxylic acids is 2. The van der Waals surface area contributed by atoms with Crippen molar-refractivity contribution in [2.75, 3.05) is 19.0 Å². The van der Waals surface area contributed by atoms with E-state index in [0.717, 1.165) is 24.1 Å². The van der Waals surface area contributed by atoms with Crippen LogP contribution >= 0.6 is 0 Å². The van der Waals surface area contributed by atoms with Gasteiger partial charge in [0.05, 0.1) is 7.11 Å². The van der Waals surface area contributed by atoms with Gasteiger partial charge in [0.1, 0.15) is 17.1 Å². The summed E-state index contributed by atoms with van der Waals surface area (Å²) in [5.74, 6) is 0.560. The molecule has 0 bridgehead atoms. The summed E-state index contributed by atoms with van der Waals surface area (Å²) in [6, 6.07) is 9.28. The smallest absolute Gasteiger partial charge is 0.358 e. The molecular weight excluding hydrogens is 348 g/mol. The minimum absolute atomic E-state index is 0.209. The zero-order valence-corrected chi connectivity index (χ0v) is 14.8. The molecule has 0 spiro atoms. The second-order valence-corrected chi connectivity index (χ2v) is 6.14. The van der Waals surface area contributed by atoms with Gasteiger partial charge in [-0.25, -0.2) is 9.78 Å². The van der Waals surface area contributed by atoms with Gasteiger partial charge in [0.2, 0.25) is 0 Å². The van der Waals surface area contributed by atoms with Gasteiger partial charge in [-0.1, -0.05) is 18.2 Å². The van der Waals surface area contributed by atoms with Crippen LogP contribution in [0.5, 0.6) is 5.75 Å². The van der Waals surface area contributed by atoms with Gasteiger partial charge in [-0.3, -0.25) is 9.78 Å². The van der Waals surface area contributed by atoms with Crippen molar-refractivity contribution in [3.05, 3.63) is 48.0 Å². The summed E-state index contributed by atoms with van der Waals surface area (Å²) in [5, 5.41) is 3.58. The van der Waals surface area contributed by atoms with E-state index in [1.165, 1.54) is 7.11 Å². The maximum atomic E-state index is 12.4. The van der Waals surface area contributed by atoms with Crippen molar-refractivity contribution in [1.29, 1.82) is 0 Å². The second kappa shape index (κ2) is 7.06. The van der Waals surface area contributed by atoms with Crippen LogP contribution in [0, 0.1) is 0 Å². The first-order chi connectivity index (χ1) is 13.2. The van der Waals surface area contributed by atoms with E-state index in [0.29, 0.717) is 17.8 Å². The molecule has 3 heterocycles. The van der Waals surface area contributed by atoms with Crippen molar-refractivity contribution in [3.8, 4) is 5.75 Å². The fourth-order valence-electron chi connectivity index (χ4n) is 3.22. The van der Waals surface area contributed by atoms with Crippen molar-refractivity contribution in [2.45, 2.75) is 19.4 Å². The molecule has 8 nitrogen and oxygen atoms in total. The number of esters is 1. The third kappa shape index (κ3) is 3.21. The van der Waals surface area contributed by atoms with Crippen LogP contribution in [0.15, 0.2) is 36.5 Å². The quantitative estimate of drug-likeness (QED) is 0.696. The second-order valence-electron chi connectivity index (χ2n) is 6.14. The van der Waals surface area contributed by atoms with Crippen molar-refractivity contribution in [2.24, 2.45) is 0 Å². The molecular formula is C19H18N4O4. The molecule has 1 amide bonds. The van der Waals surface area contributed by atoms with Crippen molar-refractivity contribution in [1.82, 2.24) is 14.5 Å². The Balaban J connectivity index is 1.50. The molecule has 2 aromatic heterocycles. The highest BCUT2D eigenvalue weighted by atomic mass is 16.5. The Kier molecular flexibility index (Phi) is 4.45. The number of aromatic nitrogens is 3. The van der Waals surface area contributed by atoms with Crippen LogP contribution in [-0.4, -0.2) is 40.1 Å². The zero-order chi connectivity index (χ0) is 18.8. The largest absolute Gasteiger partial charge is 0.481 e. The summed E-state index contributed by atoms with van der Waals surface area (Å²) < 4.78 is 12.2. The molecule has 1 N–H and O–H groups in total. The monoisotopic (exact) mass is 366 g/mol. The Hall–Kier alpha value is -3.42. The minimum atomic E-state index is -0.523. The average Bonchev–Trinajstić information content (AvgIpc) is 3.26. The number of fused-ring (bicyclic) bond motifs is 2. The number of nitrogens with zero attached hydrogens (tertiary/aromatic N) is 3. The number of benzene rings is 1. The van der Waals surface area contributed by atoms with Crippen LogP contribution in [0.2, 0.25) is 0 Å². The molecule has 27 heavy (non-hydrogen) atoms. The molecule has 0 unspecified atom stereocenters. The SMILES string of the molecule is COC(=O)c1c(NC(=O)COc2cccc3cccnc23)nc2n1CCC2. The molecule has 138 valence electrons. The molecule has 3 aromatic rings. The third-order valence-corrected chi connectivity index (χ3v) is 4.42. The van der Waals surface area contributed by atoms with E-state index in [4.69, 9.17) is 9.47 Å². The summed E-state index contributed by atoms with van der Waals surface area (Å²) in [7, 11) is 1.31. The Morgan fingerprint density at radius 1 is 1.26 bits per heavy atom. The minimum Gasteiger partial charge on any atom is -0.481 e.